The lowest BCUT2D eigenvalue weighted by Gasteiger charge is -2.74. The Balaban J connectivity index is 1.07. The fourth-order valence-electron chi connectivity index (χ4n) is 17.4. The summed E-state index contributed by atoms with van der Waals surface area (Å²) >= 11 is 0. The molecule has 66 heavy (non-hydrogen) atoms. The first kappa shape index (κ1) is 48.8. The number of fused-ring (bicyclic) bond motifs is 7. The minimum absolute atomic E-state index is 0.00893. The van der Waals surface area contributed by atoms with Crippen LogP contribution >= 0.6 is 0 Å². The minimum atomic E-state index is -1.10. The first-order valence-electron chi connectivity index (χ1n) is 25.7. The predicted molar refractivity (Wildman–Crippen MR) is 255 cm³/mol. The van der Waals surface area contributed by atoms with Gasteiger partial charge in [-0.1, -0.05) is 112 Å². The molecule has 1 unspecified atom stereocenters. The van der Waals surface area contributed by atoms with Crippen LogP contribution < -0.4 is 10.6 Å². The summed E-state index contributed by atoms with van der Waals surface area (Å²) in [6.45, 7) is 26.2. The molecule has 0 bridgehead atoms. The van der Waals surface area contributed by atoms with E-state index in [0.717, 1.165) is 80.9 Å². The van der Waals surface area contributed by atoms with Crippen molar-refractivity contribution in [1.29, 1.82) is 0 Å². The Morgan fingerprint density at radius 3 is 2.03 bits per heavy atom. The maximum atomic E-state index is 15.0. The summed E-state index contributed by atoms with van der Waals surface area (Å²) in [6.07, 6.45) is 10.9. The maximum Gasteiger partial charge on any atom is 0.408 e. The van der Waals surface area contributed by atoms with Crippen LogP contribution in [0.3, 0.4) is 0 Å². The van der Waals surface area contributed by atoms with Gasteiger partial charge in [-0.05, 0) is 165 Å². The van der Waals surface area contributed by atoms with Crippen molar-refractivity contribution < 1.29 is 38.6 Å². The second-order valence-electron chi connectivity index (χ2n) is 25.8. The van der Waals surface area contributed by atoms with Crippen molar-refractivity contribution in [2.75, 3.05) is 0 Å². The number of amides is 2. The van der Waals surface area contributed by atoms with E-state index in [-0.39, 0.29) is 70.1 Å². The normalized spacial score (nSPS) is 38.7. The van der Waals surface area contributed by atoms with Crippen LogP contribution in [0.2, 0.25) is 0 Å². The van der Waals surface area contributed by atoms with Crippen LogP contribution in [0.15, 0.2) is 41.5 Å². The van der Waals surface area contributed by atoms with Crippen molar-refractivity contribution in [3.8, 4) is 0 Å². The number of aliphatic carboxylic acids is 1. The molecule has 0 heterocycles. The molecule has 6 fully saturated rings. The number of benzene rings is 1. The number of ketones is 1. The monoisotopic (exact) mass is 911 g/mol. The van der Waals surface area contributed by atoms with Gasteiger partial charge in [-0.25, -0.2) is 4.79 Å². The van der Waals surface area contributed by atoms with Gasteiger partial charge in [0.25, 0.3) is 0 Å². The van der Waals surface area contributed by atoms with Crippen molar-refractivity contribution in [2.24, 2.45) is 68.0 Å². The molecule has 0 aliphatic heterocycles. The standard InChI is InChI=1S/C56H82N2O8/c1-34(2)42-38(59)32-55(57-45(61)54(25-17-14-18-26-54)58-47(64)66-48(3,4)5)30-29-52(11)36(43(42)55)21-22-41-51(10)27-23-40(49(6,7)39(51)24-28-53(41,52)12)56(46(62)63)31-37(50(56,8)9)44(60)65-33-35-19-15-13-16-20-35/h13,15-16,19-20,34,36-37,39-41H,14,17-18,21-33H2,1-12H3,(H,57,61)(H,58,64)(H,62,63)/t36-,37+,39-,40+,41?,51-,52-,53-,55-,56-/m1/s1. The SMILES string of the molecule is CC(C)C1=C2[C@H]3CCC4[C@]5(C)CC[C@H]([C@@]6(C(=O)O)C[C@@H](C(=O)OCc7ccccc7)C6(C)C)C(C)(C)[C@H]5CC[C@@]4(C)[C@]3(C)CC[C@@]2(NC(=O)C2(NC(=O)OC(C)(C)C)CCCCC2)CC1=O. The van der Waals surface area contributed by atoms with Crippen molar-refractivity contribution in [2.45, 2.75) is 203 Å². The lowest BCUT2D eigenvalue weighted by Crippen LogP contribution is -2.71. The highest BCUT2D eigenvalue weighted by molar-refractivity contribution is 6.03. The Morgan fingerprint density at radius 1 is 0.773 bits per heavy atom. The van der Waals surface area contributed by atoms with Crippen LogP contribution in [0.25, 0.3) is 0 Å². The number of ether oxygens (including phenoxy) is 2. The van der Waals surface area contributed by atoms with Crippen molar-refractivity contribution in [1.82, 2.24) is 10.6 Å². The number of alkyl carbamates (subject to hydrolysis) is 1. The van der Waals surface area contributed by atoms with Gasteiger partial charge in [0.2, 0.25) is 5.91 Å². The van der Waals surface area contributed by atoms with E-state index in [9.17, 15) is 29.1 Å². The van der Waals surface area contributed by atoms with Crippen LogP contribution in [0.4, 0.5) is 4.79 Å². The minimum Gasteiger partial charge on any atom is -0.481 e. The smallest absolute Gasteiger partial charge is 0.408 e. The third-order valence-electron chi connectivity index (χ3n) is 20.7. The summed E-state index contributed by atoms with van der Waals surface area (Å²) < 4.78 is 11.6. The van der Waals surface area contributed by atoms with E-state index in [1.54, 1.807) is 0 Å². The molecule has 7 aliphatic rings. The van der Waals surface area contributed by atoms with Crippen LogP contribution in [-0.2, 0) is 35.3 Å². The van der Waals surface area contributed by atoms with Crippen molar-refractivity contribution in [3.05, 3.63) is 47.0 Å². The Labute approximate surface area is 395 Å². The van der Waals surface area contributed by atoms with Crippen LogP contribution in [-0.4, -0.2) is 51.5 Å². The Morgan fingerprint density at radius 2 is 1.42 bits per heavy atom. The molecule has 2 amide bonds. The number of carboxylic acids is 1. The van der Waals surface area contributed by atoms with Crippen LogP contribution in [0, 0.1) is 68.0 Å². The van der Waals surface area contributed by atoms with Crippen molar-refractivity contribution in [3.63, 3.8) is 0 Å². The second kappa shape index (κ2) is 16.2. The molecule has 1 aromatic rings. The zero-order chi connectivity index (χ0) is 48.3. The molecular weight excluding hydrogens is 829 g/mol. The molecule has 8 rings (SSSR count). The molecule has 6 saturated carbocycles. The second-order valence-corrected chi connectivity index (χ2v) is 25.8. The highest BCUT2D eigenvalue weighted by Crippen LogP contribution is 2.79. The molecule has 3 N–H and O–H groups in total. The van der Waals surface area contributed by atoms with E-state index in [1.807, 2.05) is 65.0 Å². The number of rotatable bonds is 9. The number of hydrogen-bond donors (Lipinski definition) is 3. The summed E-state index contributed by atoms with van der Waals surface area (Å²) in [7, 11) is 0. The Kier molecular flexibility index (Phi) is 12.0. The van der Waals surface area contributed by atoms with Gasteiger partial charge in [0.15, 0.2) is 5.78 Å². The van der Waals surface area contributed by atoms with E-state index in [0.29, 0.717) is 37.5 Å². The first-order valence-corrected chi connectivity index (χ1v) is 25.7. The Bertz CT molecular complexity index is 2160. The topological polar surface area (TPSA) is 148 Å². The molecule has 0 saturated heterocycles. The molecule has 1 aromatic carbocycles. The number of carbonyl (C=O) groups excluding carboxylic acids is 4. The zero-order valence-electron chi connectivity index (χ0n) is 42.5. The number of carboxylic acid groups (broad SMARTS) is 1. The van der Waals surface area contributed by atoms with Gasteiger partial charge >= 0.3 is 18.0 Å². The van der Waals surface area contributed by atoms with Crippen LogP contribution in [0.1, 0.15) is 185 Å². The number of esters is 1. The first-order chi connectivity index (χ1) is 30.7. The molecular formula is C56H82N2O8. The largest absolute Gasteiger partial charge is 0.481 e. The summed E-state index contributed by atoms with van der Waals surface area (Å²) in [5.74, 6) is -0.925. The molecule has 10 nitrogen and oxygen atoms in total. The summed E-state index contributed by atoms with van der Waals surface area (Å²) in [6, 6.07) is 9.65. The summed E-state index contributed by atoms with van der Waals surface area (Å²) in [5, 5.41) is 18.0. The highest BCUT2D eigenvalue weighted by Gasteiger charge is 2.76. The number of hydrogen-bond acceptors (Lipinski definition) is 7. The lowest BCUT2D eigenvalue weighted by atomic mass is 9.30. The van der Waals surface area contributed by atoms with Gasteiger partial charge in [0.05, 0.1) is 16.9 Å². The highest BCUT2D eigenvalue weighted by atomic mass is 16.6. The third-order valence-corrected chi connectivity index (χ3v) is 20.7. The van der Waals surface area contributed by atoms with Gasteiger partial charge in [-0.2, -0.15) is 0 Å². The van der Waals surface area contributed by atoms with Gasteiger partial charge in [-0.15, -0.1) is 0 Å². The van der Waals surface area contributed by atoms with Gasteiger partial charge in [-0.3, -0.25) is 19.2 Å². The number of allylic oxidation sites excluding steroid dienone is 1. The fraction of sp³-hybridized carbons (Fsp3) is 0.768. The van der Waals surface area contributed by atoms with E-state index >= 15 is 0 Å². The zero-order valence-corrected chi connectivity index (χ0v) is 42.5. The molecule has 0 spiro atoms. The average molecular weight is 911 g/mol. The van der Waals surface area contributed by atoms with Gasteiger partial charge in [0.1, 0.15) is 17.7 Å². The average Bonchev–Trinajstić information content (AvgIpc) is 3.52. The van der Waals surface area contributed by atoms with Crippen LogP contribution in [0.5, 0.6) is 0 Å². The predicted octanol–water partition coefficient (Wildman–Crippen LogP) is 11.5. The maximum absolute atomic E-state index is 15.0. The van der Waals surface area contributed by atoms with E-state index in [2.05, 4.69) is 59.1 Å². The third kappa shape index (κ3) is 7.15. The fourth-order valence-corrected chi connectivity index (χ4v) is 17.4. The number of nitrogens with one attached hydrogen (secondary N) is 2. The summed E-state index contributed by atoms with van der Waals surface area (Å²) in [5.41, 5.74) is -2.00. The van der Waals surface area contributed by atoms with E-state index in [1.165, 1.54) is 0 Å². The quantitative estimate of drug-likeness (QED) is 0.207. The molecule has 0 aromatic heterocycles. The van der Waals surface area contributed by atoms with E-state index < -0.39 is 45.5 Å². The molecule has 7 aliphatic carbocycles. The molecule has 10 atom stereocenters. The molecule has 10 heteroatoms. The van der Waals surface area contributed by atoms with E-state index in [4.69, 9.17) is 9.47 Å². The van der Waals surface area contributed by atoms with Gasteiger partial charge < -0.3 is 25.2 Å². The molecule has 0 radical (unpaired) electrons. The Hall–Kier alpha value is -3.69. The molecule has 364 valence electrons. The number of carbonyl (C=O) groups is 5. The van der Waals surface area contributed by atoms with Gasteiger partial charge in [0, 0.05) is 6.42 Å². The number of Topliss-reactive ketones (excluding diaryl/α,β-unsaturated/α-hetero) is 1. The lowest BCUT2D eigenvalue weighted by molar-refractivity contribution is -0.261. The van der Waals surface area contributed by atoms with Crippen molar-refractivity contribution >= 4 is 29.7 Å². The summed E-state index contributed by atoms with van der Waals surface area (Å²) in [4.78, 5) is 70.3.